The average Bonchev–Trinajstić information content (AvgIpc) is 2.30. The molecule has 0 heterocycles. The zero-order valence-electron chi connectivity index (χ0n) is 10.4. The van der Waals surface area contributed by atoms with E-state index in [4.69, 9.17) is 0 Å². The second-order valence-corrected chi connectivity index (χ2v) is 3.45. The molecule has 0 aromatic heterocycles. The first-order chi connectivity index (χ1) is 7.19. The van der Waals surface area contributed by atoms with Crippen LogP contribution >= 0.6 is 0 Å². The molecule has 1 rings (SSSR count). The predicted molar refractivity (Wildman–Crippen MR) is 72.1 cm³/mol. The van der Waals surface area contributed by atoms with Crippen LogP contribution in [0.3, 0.4) is 0 Å². The van der Waals surface area contributed by atoms with Crippen molar-refractivity contribution in [2.45, 2.75) is 33.6 Å². The maximum Gasteiger partial charge on any atom is -0.0187 e. The third kappa shape index (κ3) is 3.75. The maximum atomic E-state index is 3.79. The highest BCUT2D eigenvalue weighted by atomic mass is 14.1. The van der Waals surface area contributed by atoms with E-state index < -0.39 is 0 Å². The van der Waals surface area contributed by atoms with E-state index in [9.17, 15) is 0 Å². The van der Waals surface area contributed by atoms with Crippen molar-refractivity contribution in [3.63, 3.8) is 0 Å². The zero-order valence-corrected chi connectivity index (χ0v) is 10.4. The molecule has 0 aliphatic rings. The molecule has 0 nitrogen and oxygen atoms in total. The SMILES string of the molecule is C=Cc1ccc(C(C)C)cc1C=C.CC. The van der Waals surface area contributed by atoms with E-state index in [1.54, 1.807) is 0 Å². The lowest BCUT2D eigenvalue weighted by molar-refractivity contribution is 0.866. The van der Waals surface area contributed by atoms with Gasteiger partial charge in [0, 0.05) is 0 Å². The van der Waals surface area contributed by atoms with Crippen molar-refractivity contribution in [1.82, 2.24) is 0 Å². The quantitative estimate of drug-likeness (QED) is 0.638. The van der Waals surface area contributed by atoms with Gasteiger partial charge in [0.05, 0.1) is 0 Å². The molecule has 0 saturated carbocycles. The van der Waals surface area contributed by atoms with Crippen molar-refractivity contribution >= 4 is 12.2 Å². The van der Waals surface area contributed by atoms with Crippen LogP contribution in [0.5, 0.6) is 0 Å². The van der Waals surface area contributed by atoms with Crippen LogP contribution in [0.25, 0.3) is 12.2 Å². The smallest absolute Gasteiger partial charge is 0.0187 e. The lowest BCUT2D eigenvalue weighted by atomic mass is 9.97. The highest BCUT2D eigenvalue weighted by Crippen LogP contribution is 2.20. The molecular formula is C15H22. The second kappa shape index (κ2) is 7.05. The Morgan fingerprint density at radius 1 is 1.00 bits per heavy atom. The zero-order chi connectivity index (χ0) is 11.8. The molecule has 0 N–H and O–H groups in total. The van der Waals surface area contributed by atoms with E-state index in [0.29, 0.717) is 5.92 Å². The van der Waals surface area contributed by atoms with Crippen LogP contribution in [-0.2, 0) is 0 Å². The molecule has 0 radical (unpaired) electrons. The van der Waals surface area contributed by atoms with Crippen molar-refractivity contribution in [2.24, 2.45) is 0 Å². The van der Waals surface area contributed by atoms with E-state index in [0.717, 1.165) is 5.56 Å². The number of benzene rings is 1. The molecular weight excluding hydrogens is 180 g/mol. The minimum atomic E-state index is 0.567. The highest BCUT2D eigenvalue weighted by molar-refractivity contribution is 5.64. The van der Waals surface area contributed by atoms with E-state index in [2.05, 4.69) is 45.2 Å². The van der Waals surface area contributed by atoms with Crippen molar-refractivity contribution in [3.8, 4) is 0 Å². The summed E-state index contributed by atoms with van der Waals surface area (Å²) in [6, 6.07) is 6.42. The van der Waals surface area contributed by atoms with Crippen molar-refractivity contribution in [1.29, 1.82) is 0 Å². The standard InChI is InChI=1S/C13H16.C2H6/c1-5-11-7-8-13(10(3)4)9-12(11)6-2;1-2/h5-10H,1-2H2,3-4H3;1-2H3. The molecule has 15 heavy (non-hydrogen) atoms. The minimum Gasteiger partial charge on any atom is -0.0984 e. The summed E-state index contributed by atoms with van der Waals surface area (Å²) < 4.78 is 0. The lowest BCUT2D eigenvalue weighted by Crippen LogP contribution is -1.89. The summed E-state index contributed by atoms with van der Waals surface area (Å²) in [5.41, 5.74) is 3.67. The van der Waals surface area contributed by atoms with E-state index in [1.807, 2.05) is 26.0 Å². The Balaban J connectivity index is 0.000000921. The van der Waals surface area contributed by atoms with Gasteiger partial charge in [-0.15, -0.1) is 0 Å². The summed E-state index contributed by atoms with van der Waals surface area (Å²) >= 11 is 0. The van der Waals surface area contributed by atoms with Gasteiger partial charge < -0.3 is 0 Å². The fourth-order valence-corrected chi connectivity index (χ4v) is 1.32. The molecule has 0 heteroatoms. The van der Waals surface area contributed by atoms with Gasteiger partial charge in [0.15, 0.2) is 0 Å². The van der Waals surface area contributed by atoms with Crippen LogP contribution in [-0.4, -0.2) is 0 Å². The van der Waals surface area contributed by atoms with Crippen LogP contribution in [0, 0.1) is 0 Å². The molecule has 0 aliphatic carbocycles. The molecule has 0 atom stereocenters. The topological polar surface area (TPSA) is 0 Å². The Labute approximate surface area is 94.3 Å². The highest BCUT2D eigenvalue weighted by Gasteiger charge is 2.01. The normalized spacial score (nSPS) is 9.13. The molecule has 1 aromatic rings. The average molecular weight is 202 g/mol. The Kier molecular flexibility index (Phi) is 6.44. The van der Waals surface area contributed by atoms with Crippen molar-refractivity contribution < 1.29 is 0 Å². The summed E-state index contributed by atoms with van der Waals surface area (Å²) in [6.07, 6.45) is 3.74. The molecule has 0 aliphatic heterocycles. The Bertz CT molecular complexity index is 319. The van der Waals surface area contributed by atoms with Crippen LogP contribution < -0.4 is 0 Å². The number of rotatable bonds is 3. The third-order valence-corrected chi connectivity index (χ3v) is 2.22. The molecule has 82 valence electrons. The molecule has 0 saturated heterocycles. The van der Waals surface area contributed by atoms with E-state index in [1.165, 1.54) is 11.1 Å². The van der Waals surface area contributed by atoms with Gasteiger partial charge in [-0.25, -0.2) is 0 Å². The Morgan fingerprint density at radius 3 is 1.93 bits per heavy atom. The molecule has 0 spiro atoms. The minimum absolute atomic E-state index is 0.567. The van der Waals surface area contributed by atoms with Crippen LogP contribution in [0.15, 0.2) is 31.4 Å². The fourth-order valence-electron chi connectivity index (χ4n) is 1.32. The van der Waals surface area contributed by atoms with Gasteiger partial charge in [0.2, 0.25) is 0 Å². The summed E-state index contributed by atoms with van der Waals surface area (Å²) in [5.74, 6) is 0.567. The molecule has 0 fully saturated rings. The van der Waals surface area contributed by atoms with Gasteiger partial charge >= 0.3 is 0 Å². The van der Waals surface area contributed by atoms with Gasteiger partial charge in [-0.1, -0.05) is 71.2 Å². The Hall–Kier alpha value is -1.30. The number of hydrogen-bond acceptors (Lipinski definition) is 0. The van der Waals surface area contributed by atoms with Crippen LogP contribution in [0.1, 0.15) is 50.3 Å². The molecule has 0 amide bonds. The number of hydrogen-bond donors (Lipinski definition) is 0. The third-order valence-electron chi connectivity index (χ3n) is 2.22. The summed E-state index contributed by atoms with van der Waals surface area (Å²) in [6.45, 7) is 15.9. The molecule has 1 aromatic carbocycles. The van der Waals surface area contributed by atoms with Crippen molar-refractivity contribution in [3.05, 3.63) is 48.0 Å². The summed E-state index contributed by atoms with van der Waals surface area (Å²) in [4.78, 5) is 0. The predicted octanol–water partition coefficient (Wildman–Crippen LogP) is 5.12. The van der Waals surface area contributed by atoms with Crippen LogP contribution in [0.4, 0.5) is 0 Å². The monoisotopic (exact) mass is 202 g/mol. The van der Waals surface area contributed by atoms with E-state index in [-0.39, 0.29) is 0 Å². The Morgan fingerprint density at radius 2 is 1.53 bits per heavy atom. The van der Waals surface area contributed by atoms with Gasteiger partial charge in [-0.2, -0.15) is 0 Å². The van der Waals surface area contributed by atoms with Gasteiger partial charge in [0.25, 0.3) is 0 Å². The molecule has 0 unspecified atom stereocenters. The van der Waals surface area contributed by atoms with E-state index >= 15 is 0 Å². The first-order valence-corrected chi connectivity index (χ1v) is 5.58. The fraction of sp³-hybridized carbons (Fsp3) is 0.333. The first-order valence-electron chi connectivity index (χ1n) is 5.58. The first kappa shape index (κ1) is 13.7. The summed E-state index contributed by atoms with van der Waals surface area (Å²) in [7, 11) is 0. The maximum absolute atomic E-state index is 3.79. The largest absolute Gasteiger partial charge is 0.0984 e. The lowest BCUT2D eigenvalue weighted by Gasteiger charge is -2.08. The van der Waals surface area contributed by atoms with Crippen LogP contribution in [0.2, 0.25) is 0 Å². The van der Waals surface area contributed by atoms with Gasteiger partial charge in [-0.05, 0) is 22.6 Å². The summed E-state index contributed by atoms with van der Waals surface area (Å²) in [5, 5.41) is 0. The second-order valence-electron chi connectivity index (χ2n) is 3.45. The molecule has 0 bridgehead atoms. The van der Waals surface area contributed by atoms with Gasteiger partial charge in [-0.3, -0.25) is 0 Å². The van der Waals surface area contributed by atoms with Crippen molar-refractivity contribution in [2.75, 3.05) is 0 Å². The van der Waals surface area contributed by atoms with Gasteiger partial charge in [0.1, 0.15) is 0 Å².